The van der Waals surface area contributed by atoms with Crippen LogP contribution in [0.2, 0.25) is 0 Å². The van der Waals surface area contributed by atoms with E-state index in [4.69, 9.17) is 0 Å². The van der Waals surface area contributed by atoms with Gasteiger partial charge < -0.3 is 5.11 Å². The molecule has 0 fully saturated rings. The van der Waals surface area contributed by atoms with Gasteiger partial charge in [0.05, 0.1) is 5.56 Å². The number of carboxylic acids is 1. The molecule has 0 aliphatic heterocycles. The molecule has 0 atom stereocenters. The Balaban J connectivity index is 2.42. The third kappa shape index (κ3) is 3.55. The van der Waals surface area contributed by atoms with Gasteiger partial charge in [-0.3, -0.25) is 4.79 Å². The number of hydrogen-bond acceptors (Lipinski definition) is 2. The predicted molar refractivity (Wildman–Crippen MR) is 77.6 cm³/mol. The van der Waals surface area contributed by atoms with Gasteiger partial charge in [-0.15, -0.1) is 0 Å². The lowest BCUT2D eigenvalue weighted by atomic mass is 9.95. The largest absolute Gasteiger partial charge is 0.478 e. The average molecular weight is 304 g/mol. The van der Waals surface area contributed by atoms with Crippen LogP contribution in [-0.2, 0) is 6.42 Å². The van der Waals surface area contributed by atoms with E-state index in [0.29, 0.717) is 16.7 Å². The van der Waals surface area contributed by atoms with Crippen molar-refractivity contribution in [1.82, 2.24) is 0 Å². The van der Waals surface area contributed by atoms with E-state index >= 15 is 0 Å². The number of rotatable bonds is 5. The van der Waals surface area contributed by atoms with Crippen LogP contribution < -0.4 is 0 Å². The van der Waals surface area contributed by atoms with Crippen LogP contribution >= 0.6 is 0 Å². The van der Waals surface area contributed by atoms with Crippen molar-refractivity contribution in [3.8, 4) is 0 Å². The standard InChI is InChI=1S/C17H14F2O3/c1-10(20)12-5-6-15(17(21)22)14(9-12)8-11-3-2-4-13(7-11)16(18)19/h2-7,9,16H,8H2,1H3,(H,21,22). The van der Waals surface area contributed by atoms with Crippen molar-refractivity contribution in [3.05, 3.63) is 70.3 Å². The molecule has 114 valence electrons. The van der Waals surface area contributed by atoms with Crippen LogP contribution in [-0.4, -0.2) is 16.9 Å². The smallest absolute Gasteiger partial charge is 0.335 e. The Hall–Kier alpha value is -2.56. The summed E-state index contributed by atoms with van der Waals surface area (Å²) in [5, 5.41) is 9.21. The first-order chi connectivity index (χ1) is 10.4. The normalized spacial score (nSPS) is 10.7. The third-order valence-corrected chi connectivity index (χ3v) is 3.34. The minimum absolute atomic E-state index is 0.0625. The van der Waals surface area contributed by atoms with Crippen molar-refractivity contribution in [1.29, 1.82) is 0 Å². The van der Waals surface area contributed by atoms with Crippen molar-refractivity contribution >= 4 is 11.8 Å². The summed E-state index contributed by atoms with van der Waals surface area (Å²) in [4.78, 5) is 22.7. The van der Waals surface area contributed by atoms with Crippen molar-refractivity contribution in [2.45, 2.75) is 19.8 Å². The summed E-state index contributed by atoms with van der Waals surface area (Å²) in [5.41, 5.74) is 1.34. The minimum Gasteiger partial charge on any atom is -0.478 e. The van der Waals surface area contributed by atoms with Crippen molar-refractivity contribution < 1.29 is 23.5 Å². The molecule has 2 aromatic carbocycles. The second-order valence-electron chi connectivity index (χ2n) is 4.96. The molecule has 0 saturated carbocycles. The van der Waals surface area contributed by atoms with Gasteiger partial charge in [0, 0.05) is 11.1 Å². The zero-order valence-corrected chi connectivity index (χ0v) is 11.8. The molecule has 0 radical (unpaired) electrons. The maximum absolute atomic E-state index is 12.7. The number of halogens is 2. The lowest BCUT2D eigenvalue weighted by Gasteiger charge is -2.09. The Morgan fingerprint density at radius 1 is 1.14 bits per heavy atom. The first kappa shape index (κ1) is 15.8. The number of carbonyl (C=O) groups is 2. The zero-order valence-electron chi connectivity index (χ0n) is 11.8. The summed E-state index contributed by atoms with van der Waals surface area (Å²) in [5.74, 6) is -1.30. The number of carbonyl (C=O) groups excluding carboxylic acids is 1. The quantitative estimate of drug-likeness (QED) is 0.846. The van der Waals surface area contributed by atoms with Crippen LogP contribution in [0.4, 0.5) is 8.78 Å². The molecule has 22 heavy (non-hydrogen) atoms. The topological polar surface area (TPSA) is 54.4 Å². The molecular formula is C17H14F2O3. The van der Waals surface area contributed by atoms with Crippen molar-refractivity contribution in [3.63, 3.8) is 0 Å². The molecule has 0 heterocycles. The molecule has 0 aliphatic rings. The lowest BCUT2D eigenvalue weighted by Crippen LogP contribution is -2.06. The molecule has 0 amide bonds. The van der Waals surface area contributed by atoms with E-state index in [1.54, 1.807) is 6.07 Å². The Morgan fingerprint density at radius 3 is 2.45 bits per heavy atom. The van der Waals surface area contributed by atoms with Crippen LogP contribution in [0.15, 0.2) is 42.5 Å². The summed E-state index contributed by atoms with van der Waals surface area (Å²) in [6.45, 7) is 1.39. The fraction of sp³-hybridized carbons (Fsp3) is 0.176. The van der Waals surface area contributed by atoms with E-state index in [1.807, 2.05) is 0 Å². The third-order valence-electron chi connectivity index (χ3n) is 3.34. The number of ketones is 1. The molecule has 0 aliphatic carbocycles. The molecule has 1 N–H and O–H groups in total. The van der Waals surface area contributed by atoms with E-state index in [9.17, 15) is 23.5 Å². The maximum atomic E-state index is 12.7. The number of carboxylic acid groups (broad SMARTS) is 1. The van der Waals surface area contributed by atoms with E-state index in [1.165, 1.54) is 43.3 Å². The Kier molecular flexibility index (Phi) is 4.65. The molecular weight excluding hydrogens is 290 g/mol. The number of aromatic carboxylic acids is 1. The highest BCUT2D eigenvalue weighted by Crippen LogP contribution is 2.22. The molecule has 0 bridgehead atoms. The molecule has 0 unspecified atom stereocenters. The zero-order chi connectivity index (χ0) is 16.3. The van der Waals surface area contributed by atoms with Crippen molar-refractivity contribution in [2.75, 3.05) is 0 Å². The van der Waals surface area contributed by atoms with Gasteiger partial charge in [-0.1, -0.05) is 24.3 Å². The molecule has 5 heteroatoms. The van der Waals surface area contributed by atoms with Gasteiger partial charge >= 0.3 is 5.97 Å². The highest BCUT2D eigenvalue weighted by atomic mass is 19.3. The van der Waals surface area contributed by atoms with Crippen LogP contribution in [0.1, 0.15) is 50.8 Å². The van der Waals surface area contributed by atoms with Gasteiger partial charge in [-0.05, 0) is 42.7 Å². The monoisotopic (exact) mass is 304 g/mol. The average Bonchev–Trinajstić information content (AvgIpc) is 2.47. The number of hydrogen-bond donors (Lipinski definition) is 1. The fourth-order valence-corrected chi connectivity index (χ4v) is 2.23. The first-order valence-corrected chi connectivity index (χ1v) is 6.62. The SMILES string of the molecule is CC(=O)c1ccc(C(=O)O)c(Cc2cccc(C(F)F)c2)c1. The summed E-state index contributed by atoms with van der Waals surface area (Å²) >= 11 is 0. The lowest BCUT2D eigenvalue weighted by molar-refractivity contribution is 0.0695. The van der Waals surface area contributed by atoms with Crippen LogP contribution in [0.3, 0.4) is 0 Å². The predicted octanol–water partition coefficient (Wildman–Crippen LogP) is 4.12. The maximum Gasteiger partial charge on any atom is 0.335 e. The Bertz CT molecular complexity index is 724. The fourth-order valence-electron chi connectivity index (χ4n) is 2.23. The molecule has 0 spiro atoms. The summed E-state index contributed by atoms with van der Waals surface area (Å²) in [7, 11) is 0. The first-order valence-electron chi connectivity index (χ1n) is 6.62. The highest BCUT2D eigenvalue weighted by Gasteiger charge is 2.14. The number of Topliss-reactive ketones (excluding diaryl/α,β-unsaturated/α-hetero) is 1. The molecule has 2 rings (SSSR count). The summed E-state index contributed by atoms with van der Waals surface area (Å²) in [6, 6.07) is 10.1. The summed E-state index contributed by atoms with van der Waals surface area (Å²) in [6.07, 6.45) is -2.41. The second kappa shape index (κ2) is 6.47. The van der Waals surface area contributed by atoms with Gasteiger partial charge in [-0.25, -0.2) is 13.6 Å². The van der Waals surface area contributed by atoms with Crippen molar-refractivity contribution in [2.24, 2.45) is 0 Å². The Labute approximate surface area is 126 Å². The van der Waals surface area contributed by atoms with Crippen LogP contribution in [0.25, 0.3) is 0 Å². The second-order valence-corrected chi connectivity index (χ2v) is 4.96. The summed E-state index contributed by atoms with van der Waals surface area (Å²) < 4.78 is 25.4. The van der Waals surface area contributed by atoms with E-state index in [0.717, 1.165) is 0 Å². The van der Waals surface area contributed by atoms with Gasteiger partial charge in [0.15, 0.2) is 5.78 Å². The molecule has 0 saturated heterocycles. The molecule has 0 aromatic heterocycles. The highest BCUT2D eigenvalue weighted by molar-refractivity contribution is 5.96. The van der Waals surface area contributed by atoms with Gasteiger partial charge in [0.2, 0.25) is 0 Å². The van der Waals surface area contributed by atoms with Gasteiger partial charge in [0.25, 0.3) is 6.43 Å². The van der Waals surface area contributed by atoms with E-state index in [2.05, 4.69) is 0 Å². The van der Waals surface area contributed by atoms with Gasteiger partial charge in [0.1, 0.15) is 0 Å². The van der Waals surface area contributed by atoms with Crippen LogP contribution in [0.5, 0.6) is 0 Å². The van der Waals surface area contributed by atoms with Crippen LogP contribution in [0, 0.1) is 0 Å². The Morgan fingerprint density at radius 2 is 1.86 bits per heavy atom. The van der Waals surface area contributed by atoms with E-state index in [-0.39, 0.29) is 23.3 Å². The number of alkyl halides is 2. The van der Waals surface area contributed by atoms with Gasteiger partial charge in [-0.2, -0.15) is 0 Å². The van der Waals surface area contributed by atoms with E-state index < -0.39 is 12.4 Å². The number of benzene rings is 2. The molecule has 3 nitrogen and oxygen atoms in total. The molecule has 2 aromatic rings. The minimum atomic E-state index is -2.58.